The van der Waals surface area contributed by atoms with Gasteiger partial charge < -0.3 is 14.6 Å². The lowest BCUT2D eigenvalue weighted by Crippen LogP contribution is -2.18. The Hall–Kier alpha value is -1.55. The zero-order chi connectivity index (χ0) is 11.5. The lowest BCUT2D eigenvalue weighted by Gasteiger charge is -2.25. The Morgan fingerprint density at radius 2 is 2.44 bits per heavy atom. The molecule has 0 fully saturated rings. The molecule has 0 spiro atoms. The molecule has 4 nitrogen and oxygen atoms in total. The highest BCUT2D eigenvalue weighted by Gasteiger charge is 2.22. The maximum Gasteiger partial charge on any atom is 0.335 e. The van der Waals surface area contributed by atoms with E-state index in [2.05, 4.69) is 0 Å². The van der Waals surface area contributed by atoms with E-state index in [-0.39, 0.29) is 5.92 Å². The third-order valence-electron chi connectivity index (χ3n) is 2.79. The summed E-state index contributed by atoms with van der Waals surface area (Å²) in [6.45, 7) is 1.26. The Labute approximate surface area is 93.8 Å². The van der Waals surface area contributed by atoms with E-state index in [1.807, 2.05) is 0 Å². The Morgan fingerprint density at radius 1 is 1.62 bits per heavy atom. The monoisotopic (exact) mass is 222 g/mol. The maximum absolute atomic E-state index is 10.9. The van der Waals surface area contributed by atoms with Gasteiger partial charge in [-0.25, -0.2) is 4.79 Å². The fourth-order valence-electron chi connectivity index (χ4n) is 1.97. The molecule has 1 unspecified atom stereocenters. The van der Waals surface area contributed by atoms with Gasteiger partial charge in [-0.3, -0.25) is 0 Å². The molecule has 0 radical (unpaired) electrons. The molecule has 1 aromatic carbocycles. The molecule has 4 heteroatoms. The largest absolute Gasteiger partial charge is 0.493 e. The second-order valence-electron chi connectivity index (χ2n) is 3.85. The van der Waals surface area contributed by atoms with Crippen LogP contribution in [0.1, 0.15) is 28.3 Å². The molecule has 1 heterocycles. The summed E-state index contributed by atoms with van der Waals surface area (Å²) in [6.07, 6.45) is 0.865. The van der Waals surface area contributed by atoms with Crippen molar-refractivity contribution in [2.45, 2.75) is 12.3 Å². The van der Waals surface area contributed by atoms with Crippen LogP contribution in [0.2, 0.25) is 0 Å². The van der Waals surface area contributed by atoms with Crippen LogP contribution in [0.25, 0.3) is 0 Å². The second kappa shape index (κ2) is 4.53. The third-order valence-corrected chi connectivity index (χ3v) is 2.79. The first-order valence-electron chi connectivity index (χ1n) is 5.21. The number of ether oxygens (including phenoxy) is 2. The Balaban J connectivity index is 2.36. The quantitative estimate of drug-likeness (QED) is 0.848. The van der Waals surface area contributed by atoms with E-state index in [1.165, 1.54) is 0 Å². The first-order chi connectivity index (χ1) is 7.72. The Bertz CT molecular complexity index is 400. The number of aromatic carboxylic acids is 1. The van der Waals surface area contributed by atoms with Crippen LogP contribution in [-0.4, -0.2) is 31.4 Å². The van der Waals surface area contributed by atoms with Crippen molar-refractivity contribution in [2.24, 2.45) is 0 Å². The summed E-state index contributed by atoms with van der Waals surface area (Å²) in [7, 11) is 1.65. The highest BCUT2D eigenvalue weighted by atomic mass is 16.5. The van der Waals surface area contributed by atoms with E-state index < -0.39 is 5.97 Å². The molecule has 0 saturated carbocycles. The van der Waals surface area contributed by atoms with Gasteiger partial charge in [0, 0.05) is 18.6 Å². The predicted molar refractivity (Wildman–Crippen MR) is 58.1 cm³/mol. The molecule has 86 valence electrons. The summed E-state index contributed by atoms with van der Waals surface area (Å²) in [4.78, 5) is 10.9. The zero-order valence-corrected chi connectivity index (χ0v) is 9.10. The fraction of sp³-hybridized carbons (Fsp3) is 0.417. The van der Waals surface area contributed by atoms with Crippen LogP contribution in [-0.2, 0) is 4.74 Å². The van der Waals surface area contributed by atoms with Crippen LogP contribution >= 0.6 is 0 Å². The van der Waals surface area contributed by atoms with Crippen molar-refractivity contribution in [2.75, 3.05) is 20.3 Å². The normalized spacial score (nSPS) is 18.7. The van der Waals surface area contributed by atoms with Crippen LogP contribution in [0.5, 0.6) is 5.75 Å². The van der Waals surface area contributed by atoms with Crippen molar-refractivity contribution in [1.82, 2.24) is 0 Å². The summed E-state index contributed by atoms with van der Waals surface area (Å²) in [6, 6.07) is 4.97. The number of hydrogen-bond acceptors (Lipinski definition) is 3. The van der Waals surface area contributed by atoms with Crippen molar-refractivity contribution in [3.8, 4) is 5.75 Å². The second-order valence-corrected chi connectivity index (χ2v) is 3.85. The average Bonchev–Trinajstić information content (AvgIpc) is 2.29. The molecule has 1 N–H and O–H groups in total. The van der Waals surface area contributed by atoms with Crippen LogP contribution in [0.3, 0.4) is 0 Å². The maximum atomic E-state index is 10.9. The number of fused-ring (bicyclic) bond motifs is 1. The number of methoxy groups -OCH3 is 1. The molecule has 0 aromatic heterocycles. The Morgan fingerprint density at radius 3 is 3.12 bits per heavy atom. The molecule has 2 rings (SSSR count). The van der Waals surface area contributed by atoms with Gasteiger partial charge in [0.2, 0.25) is 0 Å². The van der Waals surface area contributed by atoms with Crippen molar-refractivity contribution in [3.63, 3.8) is 0 Å². The molecule has 1 aromatic rings. The van der Waals surface area contributed by atoms with Gasteiger partial charge in [-0.05, 0) is 24.6 Å². The van der Waals surface area contributed by atoms with E-state index in [0.717, 1.165) is 17.7 Å². The van der Waals surface area contributed by atoms with Gasteiger partial charge >= 0.3 is 5.97 Å². The number of carbonyl (C=O) groups is 1. The molecule has 1 aliphatic heterocycles. The average molecular weight is 222 g/mol. The molecule has 0 amide bonds. The predicted octanol–water partition coefficient (Wildman–Crippen LogP) is 1.90. The summed E-state index contributed by atoms with van der Waals surface area (Å²) in [5, 5.41) is 8.93. The fourth-order valence-corrected chi connectivity index (χ4v) is 1.97. The van der Waals surface area contributed by atoms with Crippen molar-refractivity contribution < 1.29 is 19.4 Å². The van der Waals surface area contributed by atoms with E-state index >= 15 is 0 Å². The van der Waals surface area contributed by atoms with Crippen molar-refractivity contribution in [3.05, 3.63) is 29.3 Å². The lowest BCUT2D eigenvalue weighted by molar-refractivity contribution is 0.0696. The molecule has 1 aliphatic rings. The molecule has 16 heavy (non-hydrogen) atoms. The molecule has 1 atom stereocenters. The molecule has 0 saturated heterocycles. The number of rotatable bonds is 3. The van der Waals surface area contributed by atoms with Gasteiger partial charge in [0.05, 0.1) is 18.8 Å². The summed E-state index contributed by atoms with van der Waals surface area (Å²) < 4.78 is 10.6. The van der Waals surface area contributed by atoms with Gasteiger partial charge in [-0.2, -0.15) is 0 Å². The van der Waals surface area contributed by atoms with Gasteiger partial charge in [0.25, 0.3) is 0 Å². The lowest BCUT2D eigenvalue weighted by atomic mass is 9.92. The molecular formula is C12H14O4. The third kappa shape index (κ3) is 2.02. The van der Waals surface area contributed by atoms with Gasteiger partial charge in [0.1, 0.15) is 5.75 Å². The van der Waals surface area contributed by atoms with Crippen LogP contribution in [0.15, 0.2) is 18.2 Å². The molecule has 0 aliphatic carbocycles. The number of carboxylic acid groups (broad SMARTS) is 1. The summed E-state index contributed by atoms with van der Waals surface area (Å²) in [5.41, 5.74) is 1.23. The highest BCUT2D eigenvalue weighted by Crippen LogP contribution is 2.34. The van der Waals surface area contributed by atoms with E-state index in [0.29, 0.717) is 18.8 Å². The van der Waals surface area contributed by atoms with E-state index in [9.17, 15) is 4.79 Å². The SMILES string of the molecule is COCC1CCOc2ccc(C(=O)O)cc21. The number of benzene rings is 1. The summed E-state index contributed by atoms with van der Waals surface area (Å²) >= 11 is 0. The van der Waals surface area contributed by atoms with Crippen LogP contribution < -0.4 is 4.74 Å². The number of carboxylic acids is 1. The minimum absolute atomic E-state index is 0.230. The van der Waals surface area contributed by atoms with Crippen molar-refractivity contribution in [1.29, 1.82) is 0 Å². The minimum atomic E-state index is -0.912. The summed E-state index contributed by atoms with van der Waals surface area (Å²) in [5.74, 6) is 0.0934. The highest BCUT2D eigenvalue weighted by molar-refractivity contribution is 5.88. The van der Waals surface area contributed by atoms with E-state index in [4.69, 9.17) is 14.6 Å². The molecular weight excluding hydrogens is 208 g/mol. The van der Waals surface area contributed by atoms with Crippen LogP contribution in [0.4, 0.5) is 0 Å². The van der Waals surface area contributed by atoms with Gasteiger partial charge in [-0.15, -0.1) is 0 Å². The first kappa shape index (κ1) is 11.0. The van der Waals surface area contributed by atoms with Crippen molar-refractivity contribution >= 4 is 5.97 Å². The van der Waals surface area contributed by atoms with Gasteiger partial charge in [-0.1, -0.05) is 0 Å². The smallest absolute Gasteiger partial charge is 0.335 e. The zero-order valence-electron chi connectivity index (χ0n) is 9.10. The van der Waals surface area contributed by atoms with Gasteiger partial charge in [0.15, 0.2) is 0 Å². The molecule has 0 bridgehead atoms. The standard InChI is InChI=1S/C12H14O4/c1-15-7-9-4-5-16-11-3-2-8(12(13)14)6-10(9)11/h2-3,6,9H,4-5,7H2,1H3,(H,13,14). The van der Waals surface area contributed by atoms with Crippen LogP contribution in [0, 0.1) is 0 Å². The Kier molecular flexibility index (Phi) is 3.10. The topological polar surface area (TPSA) is 55.8 Å². The first-order valence-corrected chi connectivity index (χ1v) is 5.21. The number of hydrogen-bond donors (Lipinski definition) is 1. The minimum Gasteiger partial charge on any atom is -0.493 e. The van der Waals surface area contributed by atoms with E-state index in [1.54, 1.807) is 25.3 Å².